The molecule has 0 aliphatic carbocycles. The van der Waals surface area contributed by atoms with Crippen LogP contribution in [0.25, 0.3) is 0 Å². The number of rotatable bonds is 2. The predicted octanol–water partition coefficient (Wildman–Crippen LogP) is 1.26. The van der Waals surface area contributed by atoms with Gasteiger partial charge in [0.25, 0.3) is 0 Å². The standard InChI is InChI=1S/C12H14N4O2/c1-9-8-15(6-5-14-9)11-4-2-3-10(7-13)12(11)16(17)18/h2-4,9,14H,5-6,8H2,1H3/t9-/m0/s1. The van der Waals surface area contributed by atoms with Crippen molar-refractivity contribution in [1.82, 2.24) is 5.32 Å². The molecule has 1 aromatic rings. The second kappa shape index (κ2) is 5.02. The van der Waals surface area contributed by atoms with E-state index in [0.717, 1.165) is 6.54 Å². The lowest BCUT2D eigenvalue weighted by atomic mass is 10.1. The van der Waals surface area contributed by atoms with Crippen molar-refractivity contribution in [2.75, 3.05) is 24.5 Å². The number of nitro groups is 1. The second-order valence-corrected chi connectivity index (χ2v) is 4.34. The summed E-state index contributed by atoms with van der Waals surface area (Å²) in [6.07, 6.45) is 0. The van der Waals surface area contributed by atoms with Gasteiger partial charge in [0.1, 0.15) is 17.3 Å². The first-order valence-electron chi connectivity index (χ1n) is 5.79. The summed E-state index contributed by atoms with van der Waals surface area (Å²) in [4.78, 5) is 12.6. The lowest BCUT2D eigenvalue weighted by Crippen LogP contribution is -2.49. The van der Waals surface area contributed by atoms with Crippen LogP contribution in [0.2, 0.25) is 0 Å². The van der Waals surface area contributed by atoms with Gasteiger partial charge < -0.3 is 10.2 Å². The lowest BCUT2D eigenvalue weighted by molar-refractivity contribution is -0.384. The van der Waals surface area contributed by atoms with E-state index in [0.29, 0.717) is 18.8 Å². The number of hydrogen-bond donors (Lipinski definition) is 1. The van der Waals surface area contributed by atoms with Gasteiger partial charge in [-0.25, -0.2) is 0 Å². The average Bonchev–Trinajstić information content (AvgIpc) is 2.37. The minimum Gasteiger partial charge on any atom is -0.363 e. The number of hydrogen-bond acceptors (Lipinski definition) is 5. The fourth-order valence-corrected chi connectivity index (χ4v) is 2.22. The van der Waals surface area contributed by atoms with Gasteiger partial charge in [-0.05, 0) is 19.1 Å². The Balaban J connectivity index is 2.44. The third kappa shape index (κ3) is 2.26. The largest absolute Gasteiger partial charge is 0.363 e. The molecule has 1 N–H and O–H groups in total. The predicted molar refractivity (Wildman–Crippen MR) is 67.5 cm³/mol. The van der Waals surface area contributed by atoms with Gasteiger partial charge >= 0.3 is 5.69 Å². The van der Waals surface area contributed by atoms with Crippen LogP contribution in [0, 0.1) is 21.4 Å². The second-order valence-electron chi connectivity index (χ2n) is 4.34. The highest BCUT2D eigenvalue weighted by Crippen LogP contribution is 2.31. The fraction of sp³-hybridized carbons (Fsp3) is 0.417. The Morgan fingerprint density at radius 2 is 2.39 bits per heavy atom. The molecule has 0 radical (unpaired) electrons. The van der Waals surface area contributed by atoms with Crippen LogP contribution in [0.4, 0.5) is 11.4 Å². The molecule has 1 saturated heterocycles. The number of nitrogens with one attached hydrogen (secondary N) is 1. The highest BCUT2D eigenvalue weighted by atomic mass is 16.6. The summed E-state index contributed by atoms with van der Waals surface area (Å²) in [5.41, 5.74) is 0.560. The Kier molecular flexibility index (Phi) is 3.44. The van der Waals surface area contributed by atoms with Gasteiger partial charge in [-0.3, -0.25) is 10.1 Å². The maximum Gasteiger partial charge on any atom is 0.310 e. The van der Waals surface area contributed by atoms with Gasteiger partial charge in [0.15, 0.2) is 0 Å². The number of benzene rings is 1. The van der Waals surface area contributed by atoms with Crippen LogP contribution in [0.5, 0.6) is 0 Å². The molecule has 6 nitrogen and oxygen atoms in total. The molecule has 0 aromatic heterocycles. The summed E-state index contributed by atoms with van der Waals surface area (Å²) in [6.45, 7) is 4.23. The Hall–Kier alpha value is -2.13. The summed E-state index contributed by atoms with van der Waals surface area (Å²) >= 11 is 0. The van der Waals surface area contributed by atoms with Crippen LogP contribution in [0.3, 0.4) is 0 Å². The van der Waals surface area contributed by atoms with Crippen molar-refractivity contribution < 1.29 is 4.92 Å². The van der Waals surface area contributed by atoms with Crippen molar-refractivity contribution in [3.63, 3.8) is 0 Å². The number of anilines is 1. The number of piperazine rings is 1. The molecule has 0 saturated carbocycles. The summed E-state index contributed by atoms with van der Waals surface area (Å²) in [5.74, 6) is 0. The van der Waals surface area contributed by atoms with E-state index in [1.165, 1.54) is 6.07 Å². The van der Waals surface area contributed by atoms with E-state index in [2.05, 4.69) is 5.32 Å². The SMILES string of the molecule is C[C@H]1CN(c2cccc(C#N)c2[N+](=O)[O-])CCN1. The maximum atomic E-state index is 11.1. The topological polar surface area (TPSA) is 82.2 Å². The zero-order chi connectivity index (χ0) is 13.1. The van der Waals surface area contributed by atoms with Crippen molar-refractivity contribution in [2.45, 2.75) is 13.0 Å². The molecule has 2 rings (SSSR count). The number of nitrogens with zero attached hydrogens (tertiary/aromatic N) is 3. The third-order valence-corrected chi connectivity index (χ3v) is 3.03. The molecule has 0 bridgehead atoms. The zero-order valence-corrected chi connectivity index (χ0v) is 10.1. The molecule has 1 aliphatic heterocycles. The monoisotopic (exact) mass is 246 g/mol. The van der Waals surface area contributed by atoms with Gasteiger partial charge in [0, 0.05) is 25.7 Å². The van der Waals surface area contributed by atoms with Crippen LogP contribution < -0.4 is 10.2 Å². The molecule has 1 heterocycles. The van der Waals surface area contributed by atoms with Gasteiger partial charge in [0.05, 0.1) is 4.92 Å². The summed E-state index contributed by atoms with van der Waals surface area (Å²) in [7, 11) is 0. The Bertz CT molecular complexity index is 509. The van der Waals surface area contributed by atoms with E-state index in [1.54, 1.807) is 12.1 Å². The van der Waals surface area contributed by atoms with E-state index in [1.807, 2.05) is 17.9 Å². The maximum absolute atomic E-state index is 11.1. The summed E-state index contributed by atoms with van der Waals surface area (Å²) < 4.78 is 0. The first-order valence-corrected chi connectivity index (χ1v) is 5.79. The van der Waals surface area contributed by atoms with Gasteiger partial charge in [-0.2, -0.15) is 5.26 Å². The van der Waals surface area contributed by atoms with E-state index in [4.69, 9.17) is 5.26 Å². The first-order chi connectivity index (χ1) is 8.63. The Morgan fingerprint density at radius 1 is 1.61 bits per heavy atom. The minimum atomic E-state index is -0.472. The quantitative estimate of drug-likeness (QED) is 0.627. The molecule has 1 atom stereocenters. The molecular weight excluding hydrogens is 232 g/mol. The molecule has 94 valence electrons. The molecule has 1 fully saturated rings. The van der Waals surface area contributed by atoms with Crippen LogP contribution in [-0.2, 0) is 0 Å². The van der Waals surface area contributed by atoms with Crippen molar-refractivity contribution in [1.29, 1.82) is 5.26 Å². The molecule has 0 amide bonds. The van der Waals surface area contributed by atoms with Crippen molar-refractivity contribution in [3.05, 3.63) is 33.9 Å². The van der Waals surface area contributed by atoms with Gasteiger partial charge in [0.2, 0.25) is 0 Å². The average molecular weight is 246 g/mol. The molecule has 18 heavy (non-hydrogen) atoms. The number of para-hydroxylation sites is 1. The number of nitriles is 1. The van der Waals surface area contributed by atoms with Crippen molar-refractivity contribution in [2.24, 2.45) is 0 Å². The van der Waals surface area contributed by atoms with Crippen LogP contribution in [0.1, 0.15) is 12.5 Å². The van der Waals surface area contributed by atoms with Crippen LogP contribution in [-0.4, -0.2) is 30.6 Å². The summed E-state index contributed by atoms with van der Waals surface area (Å²) in [6, 6.07) is 7.04. The van der Waals surface area contributed by atoms with Crippen molar-refractivity contribution >= 4 is 11.4 Å². The lowest BCUT2D eigenvalue weighted by Gasteiger charge is -2.33. The normalized spacial score (nSPS) is 19.3. The van der Waals surface area contributed by atoms with Crippen LogP contribution >= 0.6 is 0 Å². The van der Waals surface area contributed by atoms with E-state index in [-0.39, 0.29) is 17.3 Å². The highest BCUT2D eigenvalue weighted by Gasteiger charge is 2.26. The van der Waals surface area contributed by atoms with Gasteiger partial charge in [-0.1, -0.05) is 6.07 Å². The number of nitro benzene ring substituents is 1. The van der Waals surface area contributed by atoms with Gasteiger partial charge in [-0.15, -0.1) is 0 Å². The molecular formula is C12H14N4O2. The zero-order valence-electron chi connectivity index (χ0n) is 10.1. The Morgan fingerprint density at radius 3 is 3.00 bits per heavy atom. The summed E-state index contributed by atoms with van der Waals surface area (Å²) in [5, 5.41) is 23.4. The first kappa shape index (κ1) is 12.3. The fourth-order valence-electron chi connectivity index (χ4n) is 2.22. The van der Waals surface area contributed by atoms with Crippen LogP contribution in [0.15, 0.2) is 18.2 Å². The van der Waals surface area contributed by atoms with Crippen molar-refractivity contribution in [3.8, 4) is 6.07 Å². The highest BCUT2D eigenvalue weighted by molar-refractivity contribution is 5.70. The van der Waals surface area contributed by atoms with E-state index < -0.39 is 4.92 Å². The molecule has 0 spiro atoms. The third-order valence-electron chi connectivity index (χ3n) is 3.03. The molecule has 1 aliphatic rings. The molecule has 1 aromatic carbocycles. The molecule has 0 unspecified atom stereocenters. The Labute approximate surface area is 105 Å². The minimum absolute atomic E-state index is 0.0888. The molecule has 6 heteroatoms. The van der Waals surface area contributed by atoms with E-state index in [9.17, 15) is 10.1 Å². The van der Waals surface area contributed by atoms with E-state index >= 15 is 0 Å². The smallest absolute Gasteiger partial charge is 0.310 e.